The molecule has 0 fully saturated rings. The molecule has 0 aliphatic heterocycles. The van der Waals surface area contributed by atoms with E-state index in [0.717, 1.165) is 41.1 Å². The zero-order chi connectivity index (χ0) is 14.3. The number of aromatic nitrogens is 6. The molecule has 7 heteroatoms. The average molecular weight is 290 g/mol. The molecule has 0 aliphatic rings. The molecule has 106 valence electrons. The summed E-state index contributed by atoms with van der Waals surface area (Å²) in [7, 11) is 1.96. The molecule has 0 bridgehead atoms. The summed E-state index contributed by atoms with van der Waals surface area (Å²) in [5, 5.41) is 8.83. The van der Waals surface area contributed by atoms with Gasteiger partial charge in [-0.1, -0.05) is 6.92 Å². The van der Waals surface area contributed by atoms with Crippen molar-refractivity contribution in [3.8, 4) is 0 Å². The molecule has 0 spiro atoms. The second kappa shape index (κ2) is 4.90. The van der Waals surface area contributed by atoms with Crippen molar-refractivity contribution in [2.45, 2.75) is 33.4 Å². The van der Waals surface area contributed by atoms with Crippen LogP contribution in [0.5, 0.6) is 0 Å². The fourth-order valence-electron chi connectivity index (χ4n) is 2.52. The van der Waals surface area contributed by atoms with E-state index in [9.17, 15) is 0 Å². The molecule has 0 radical (unpaired) electrons. The van der Waals surface area contributed by atoms with Gasteiger partial charge in [-0.05, 0) is 31.1 Å². The van der Waals surface area contributed by atoms with Gasteiger partial charge < -0.3 is 4.98 Å². The van der Waals surface area contributed by atoms with Gasteiger partial charge in [0.15, 0.2) is 10.4 Å². The molecular formula is C13H18N6S. The van der Waals surface area contributed by atoms with Crippen LogP contribution in [0.25, 0.3) is 11.2 Å². The second-order valence-corrected chi connectivity index (χ2v) is 5.37. The number of hydrogen-bond acceptors (Lipinski definition) is 3. The average Bonchev–Trinajstić information content (AvgIpc) is 3.04. The number of imidazole rings is 1. The third kappa shape index (κ3) is 2.07. The van der Waals surface area contributed by atoms with Crippen molar-refractivity contribution in [3.05, 3.63) is 28.4 Å². The Balaban J connectivity index is 1.96. The van der Waals surface area contributed by atoms with Gasteiger partial charge in [-0.2, -0.15) is 10.2 Å². The normalized spacial score (nSPS) is 11.6. The van der Waals surface area contributed by atoms with Crippen molar-refractivity contribution in [1.29, 1.82) is 0 Å². The number of H-pyrrole nitrogens is 1. The number of rotatable bonds is 4. The van der Waals surface area contributed by atoms with Crippen LogP contribution in [-0.4, -0.2) is 29.1 Å². The molecule has 0 atom stereocenters. The molecule has 1 N–H and O–H groups in total. The Kier molecular flexibility index (Phi) is 3.21. The van der Waals surface area contributed by atoms with Crippen molar-refractivity contribution in [2.75, 3.05) is 0 Å². The van der Waals surface area contributed by atoms with E-state index in [4.69, 9.17) is 12.2 Å². The van der Waals surface area contributed by atoms with Gasteiger partial charge in [-0.15, -0.1) is 0 Å². The summed E-state index contributed by atoms with van der Waals surface area (Å²) in [6, 6.07) is 0. The van der Waals surface area contributed by atoms with E-state index >= 15 is 0 Å². The predicted molar refractivity (Wildman–Crippen MR) is 80.2 cm³/mol. The predicted octanol–water partition coefficient (Wildman–Crippen LogP) is 2.20. The van der Waals surface area contributed by atoms with E-state index in [1.807, 2.05) is 35.7 Å². The van der Waals surface area contributed by atoms with Gasteiger partial charge in [0.25, 0.3) is 0 Å². The number of nitrogens with one attached hydrogen (secondary N) is 1. The largest absolute Gasteiger partial charge is 0.328 e. The smallest absolute Gasteiger partial charge is 0.179 e. The van der Waals surface area contributed by atoms with Gasteiger partial charge in [-0.25, -0.2) is 0 Å². The standard InChI is InChI=1S/C13H18N6S/c1-4-10-11-12(17(3)16-10)19(13(20)15-11)6-5-18-8-9(2)7-14-18/h7-8H,4-6H2,1-3H3,(H,15,20). The first-order valence-corrected chi connectivity index (χ1v) is 7.14. The molecule has 0 aromatic carbocycles. The van der Waals surface area contributed by atoms with Crippen LogP contribution in [0.15, 0.2) is 12.4 Å². The van der Waals surface area contributed by atoms with Gasteiger partial charge in [-0.3, -0.25) is 13.9 Å². The Morgan fingerprint density at radius 3 is 2.80 bits per heavy atom. The third-order valence-corrected chi connectivity index (χ3v) is 3.79. The van der Waals surface area contributed by atoms with Crippen LogP contribution in [0.2, 0.25) is 0 Å². The zero-order valence-corrected chi connectivity index (χ0v) is 12.7. The summed E-state index contributed by atoms with van der Waals surface area (Å²) in [5.74, 6) is 0. The van der Waals surface area contributed by atoms with Gasteiger partial charge in [0, 0.05) is 19.8 Å². The summed E-state index contributed by atoms with van der Waals surface area (Å²) in [5.41, 5.74) is 4.33. The molecule has 0 aliphatic carbocycles. The van der Waals surface area contributed by atoms with Crippen molar-refractivity contribution >= 4 is 23.4 Å². The molecule has 0 amide bonds. The Labute approximate surface area is 122 Å². The fraction of sp³-hybridized carbons (Fsp3) is 0.462. The summed E-state index contributed by atoms with van der Waals surface area (Å²) in [4.78, 5) is 3.27. The van der Waals surface area contributed by atoms with E-state index in [1.54, 1.807) is 0 Å². The highest BCUT2D eigenvalue weighted by Crippen LogP contribution is 2.18. The highest BCUT2D eigenvalue weighted by Gasteiger charge is 2.13. The van der Waals surface area contributed by atoms with Crippen LogP contribution in [0.4, 0.5) is 0 Å². The minimum absolute atomic E-state index is 0.742. The summed E-state index contributed by atoms with van der Waals surface area (Å²) in [6.07, 6.45) is 4.80. The first-order chi connectivity index (χ1) is 9.60. The van der Waals surface area contributed by atoms with Crippen LogP contribution >= 0.6 is 12.2 Å². The van der Waals surface area contributed by atoms with E-state index in [-0.39, 0.29) is 0 Å². The summed E-state index contributed by atoms with van der Waals surface area (Å²) in [6.45, 7) is 5.71. The van der Waals surface area contributed by atoms with Gasteiger partial charge >= 0.3 is 0 Å². The molecule has 0 saturated heterocycles. The minimum Gasteiger partial charge on any atom is -0.328 e. The third-order valence-electron chi connectivity index (χ3n) is 3.47. The number of fused-ring (bicyclic) bond motifs is 1. The summed E-state index contributed by atoms with van der Waals surface area (Å²) >= 11 is 5.43. The van der Waals surface area contributed by atoms with E-state index in [0.29, 0.717) is 0 Å². The molecule has 20 heavy (non-hydrogen) atoms. The maximum Gasteiger partial charge on any atom is 0.179 e. The summed E-state index contributed by atoms with van der Waals surface area (Å²) < 4.78 is 6.67. The van der Waals surface area contributed by atoms with Crippen LogP contribution < -0.4 is 0 Å². The number of hydrogen-bond donors (Lipinski definition) is 1. The van der Waals surface area contributed by atoms with Crippen LogP contribution in [0.3, 0.4) is 0 Å². The molecule has 3 rings (SSSR count). The number of aromatic amines is 1. The lowest BCUT2D eigenvalue weighted by atomic mass is 10.3. The Hall–Kier alpha value is -1.89. The highest BCUT2D eigenvalue weighted by molar-refractivity contribution is 7.71. The molecule has 3 aromatic rings. The van der Waals surface area contributed by atoms with E-state index < -0.39 is 0 Å². The molecule has 6 nitrogen and oxygen atoms in total. The first-order valence-electron chi connectivity index (χ1n) is 6.73. The van der Waals surface area contributed by atoms with E-state index in [1.165, 1.54) is 5.56 Å². The molecule has 3 heterocycles. The maximum absolute atomic E-state index is 5.43. The quantitative estimate of drug-likeness (QED) is 0.749. The number of nitrogens with zero attached hydrogens (tertiary/aromatic N) is 5. The van der Waals surface area contributed by atoms with Crippen LogP contribution in [0.1, 0.15) is 18.2 Å². The van der Waals surface area contributed by atoms with Crippen molar-refractivity contribution < 1.29 is 0 Å². The topological polar surface area (TPSA) is 56.4 Å². The van der Waals surface area contributed by atoms with Gasteiger partial charge in [0.2, 0.25) is 0 Å². The highest BCUT2D eigenvalue weighted by atomic mass is 32.1. The maximum atomic E-state index is 5.43. The molecular weight excluding hydrogens is 272 g/mol. The van der Waals surface area contributed by atoms with E-state index in [2.05, 4.69) is 26.7 Å². The Bertz CT molecular complexity index is 803. The lowest BCUT2D eigenvalue weighted by Crippen LogP contribution is -2.09. The zero-order valence-electron chi connectivity index (χ0n) is 11.9. The molecule has 0 unspecified atom stereocenters. The number of aryl methyl sites for hydroxylation is 5. The lowest BCUT2D eigenvalue weighted by Gasteiger charge is -2.05. The lowest BCUT2D eigenvalue weighted by molar-refractivity contribution is 0.530. The van der Waals surface area contributed by atoms with Crippen LogP contribution in [-0.2, 0) is 26.6 Å². The Morgan fingerprint density at radius 2 is 2.15 bits per heavy atom. The van der Waals surface area contributed by atoms with Gasteiger partial charge in [0.05, 0.1) is 18.4 Å². The first kappa shape index (κ1) is 13.1. The van der Waals surface area contributed by atoms with Crippen molar-refractivity contribution in [1.82, 2.24) is 29.1 Å². The second-order valence-electron chi connectivity index (χ2n) is 4.99. The monoisotopic (exact) mass is 290 g/mol. The minimum atomic E-state index is 0.742. The van der Waals surface area contributed by atoms with Crippen LogP contribution in [0, 0.1) is 11.7 Å². The Morgan fingerprint density at radius 1 is 1.35 bits per heavy atom. The fourth-order valence-corrected chi connectivity index (χ4v) is 2.80. The molecule has 3 aromatic heterocycles. The SMILES string of the molecule is CCc1nn(C)c2c1[nH]c(=S)n2CCn1cc(C)cn1. The molecule has 0 saturated carbocycles. The van der Waals surface area contributed by atoms with Crippen molar-refractivity contribution in [2.24, 2.45) is 7.05 Å². The van der Waals surface area contributed by atoms with Gasteiger partial charge in [0.1, 0.15) is 5.52 Å². The van der Waals surface area contributed by atoms with Crippen molar-refractivity contribution in [3.63, 3.8) is 0 Å².